The average molecular weight is 212 g/mol. The third-order valence-electron chi connectivity index (χ3n) is 3.37. The normalized spacial score (nSPS) is 24.9. The minimum Gasteiger partial charge on any atom is -0.467 e. The molecule has 2 fully saturated rings. The number of methoxy groups -OCH3 is 1. The summed E-state index contributed by atoms with van der Waals surface area (Å²) in [6, 6.07) is 0. The van der Waals surface area contributed by atoms with Gasteiger partial charge in [-0.2, -0.15) is 0 Å². The fraction of sp³-hybridized carbons (Fsp3) is 0.917. The molecule has 0 radical (unpaired) electrons. The monoisotopic (exact) mass is 212 g/mol. The van der Waals surface area contributed by atoms with E-state index in [2.05, 4.69) is 0 Å². The zero-order valence-corrected chi connectivity index (χ0v) is 9.41. The quantitative estimate of drug-likeness (QED) is 0.671. The predicted octanol–water partition coefficient (Wildman–Crippen LogP) is 2.29. The molecule has 1 unspecified atom stereocenters. The first-order valence-corrected chi connectivity index (χ1v) is 6.04. The number of rotatable bonds is 4. The molecule has 15 heavy (non-hydrogen) atoms. The Morgan fingerprint density at radius 2 is 1.80 bits per heavy atom. The van der Waals surface area contributed by atoms with E-state index in [1.165, 1.54) is 26.4 Å². The number of hydrogen-bond donors (Lipinski definition) is 0. The molecule has 0 N–H and O–H groups in total. The Morgan fingerprint density at radius 3 is 2.33 bits per heavy atom. The molecule has 2 aliphatic rings. The molecule has 0 heterocycles. The smallest absolute Gasteiger partial charge is 0.335 e. The first-order valence-electron chi connectivity index (χ1n) is 6.04. The number of carbonyl (C=O) groups is 1. The standard InChI is InChI=1S/C12H20O3/c1-14-12(13)11(9-7-8-9)15-10-5-3-2-4-6-10/h9-11H,2-8H2,1H3. The van der Waals surface area contributed by atoms with Crippen LogP contribution in [0, 0.1) is 5.92 Å². The molecule has 2 saturated carbocycles. The van der Waals surface area contributed by atoms with E-state index in [-0.39, 0.29) is 12.1 Å². The third kappa shape index (κ3) is 2.94. The Morgan fingerprint density at radius 1 is 1.13 bits per heavy atom. The van der Waals surface area contributed by atoms with Crippen LogP contribution in [0.1, 0.15) is 44.9 Å². The molecule has 0 bridgehead atoms. The van der Waals surface area contributed by atoms with Gasteiger partial charge >= 0.3 is 5.97 Å². The van der Waals surface area contributed by atoms with Gasteiger partial charge in [0.1, 0.15) is 0 Å². The molecule has 0 aromatic carbocycles. The van der Waals surface area contributed by atoms with E-state index < -0.39 is 0 Å². The molecule has 2 aliphatic carbocycles. The van der Waals surface area contributed by atoms with Crippen molar-refractivity contribution in [2.24, 2.45) is 5.92 Å². The van der Waals surface area contributed by atoms with Gasteiger partial charge in [-0.1, -0.05) is 19.3 Å². The summed E-state index contributed by atoms with van der Waals surface area (Å²) in [5.41, 5.74) is 0. The van der Waals surface area contributed by atoms with Gasteiger partial charge in [0.2, 0.25) is 0 Å². The van der Waals surface area contributed by atoms with Gasteiger partial charge in [-0.3, -0.25) is 0 Å². The highest BCUT2D eigenvalue weighted by Gasteiger charge is 2.39. The lowest BCUT2D eigenvalue weighted by Crippen LogP contribution is -2.33. The van der Waals surface area contributed by atoms with E-state index >= 15 is 0 Å². The molecule has 2 rings (SSSR count). The average Bonchev–Trinajstić information content (AvgIpc) is 3.10. The van der Waals surface area contributed by atoms with Crippen molar-refractivity contribution >= 4 is 5.97 Å². The Balaban J connectivity index is 1.84. The fourth-order valence-corrected chi connectivity index (χ4v) is 2.28. The summed E-state index contributed by atoms with van der Waals surface area (Å²) in [5, 5.41) is 0. The van der Waals surface area contributed by atoms with Crippen LogP contribution in [0.5, 0.6) is 0 Å². The van der Waals surface area contributed by atoms with E-state index in [0.29, 0.717) is 12.0 Å². The molecule has 1 atom stereocenters. The SMILES string of the molecule is COC(=O)C(OC1CCCCC1)C1CC1. The summed E-state index contributed by atoms with van der Waals surface area (Å²) in [6.07, 6.45) is 8.26. The van der Waals surface area contributed by atoms with Crippen LogP contribution in [-0.2, 0) is 14.3 Å². The first kappa shape index (κ1) is 10.9. The summed E-state index contributed by atoms with van der Waals surface area (Å²) in [5.74, 6) is 0.252. The van der Waals surface area contributed by atoms with Gasteiger partial charge in [0, 0.05) is 0 Å². The van der Waals surface area contributed by atoms with Crippen LogP contribution in [0.15, 0.2) is 0 Å². The van der Waals surface area contributed by atoms with Gasteiger partial charge in [-0.05, 0) is 31.6 Å². The molecule has 0 amide bonds. The van der Waals surface area contributed by atoms with Gasteiger partial charge in [-0.15, -0.1) is 0 Å². The molecular weight excluding hydrogens is 192 g/mol. The second-order valence-electron chi connectivity index (χ2n) is 4.68. The summed E-state index contributed by atoms with van der Waals surface area (Å²) >= 11 is 0. The third-order valence-corrected chi connectivity index (χ3v) is 3.37. The number of carbonyl (C=O) groups excluding carboxylic acids is 1. The lowest BCUT2D eigenvalue weighted by molar-refractivity contribution is -0.161. The van der Waals surface area contributed by atoms with E-state index in [4.69, 9.17) is 9.47 Å². The zero-order chi connectivity index (χ0) is 10.7. The minimum absolute atomic E-state index is 0.178. The van der Waals surface area contributed by atoms with Crippen molar-refractivity contribution in [1.82, 2.24) is 0 Å². The fourth-order valence-electron chi connectivity index (χ4n) is 2.28. The molecule has 0 aliphatic heterocycles. The maximum atomic E-state index is 11.5. The van der Waals surface area contributed by atoms with E-state index in [1.54, 1.807) is 0 Å². The van der Waals surface area contributed by atoms with Crippen LogP contribution in [0.3, 0.4) is 0 Å². The summed E-state index contributed by atoms with van der Waals surface area (Å²) in [4.78, 5) is 11.5. The molecular formula is C12H20O3. The highest BCUT2D eigenvalue weighted by molar-refractivity contribution is 5.75. The van der Waals surface area contributed by atoms with Crippen molar-refractivity contribution in [3.05, 3.63) is 0 Å². The Kier molecular flexibility index (Phi) is 3.62. The molecule has 0 aromatic heterocycles. The summed E-state index contributed by atoms with van der Waals surface area (Å²) in [6.45, 7) is 0. The Bertz CT molecular complexity index is 217. The van der Waals surface area contributed by atoms with Crippen LogP contribution in [0.2, 0.25) is 0 Å². The predicted molar refractivity (Wildman–Crippen MR) is 56.5 cm³/mol. The van der Waals surface area contributed by atoms with Gasteiger partial charge in [0.25, 0.3) is 0 Å². The maximum absolute atomic E-state index is 11.5. The van der Waals surface area contributed by atoms with Gasteiger partial charge in [-0.25, -0.2) is 4.79 Å². The highest BCUT2D eigenvalue weighted by atomic mass is 16.6. The Labute approximate surface area is 91.1 Å². The van der Waals surface area contributed by atoms with E-state index in [0.717, 1.165) is 25.7 Å². The largest absolute Gasteiger partial charge is 0.467 e. The van der Waals surface area contributed by atoms with Crippen molar-refractivity contribution < 1.29 is 14.3 Å². The minimum atomic E-state index is -0.280. The summed E-state index contributed by atoms with van der Waals surface area (Å²) in [7, 11) is 1.45. The Hall–Kier alpha value is -0.570. The molecule has 0 saturated heterocycles. The van der Waals surface area contributed by atoms with Gasteiger partial charge in [0.15, 0.2) is 6.10 Å². The number of ether oxygens (including phenoxy) is 2. The topological polar surface area (TPSA) is 35.5 Å². The van der Waals surface area contributed by atoms with Crippen LogP contribution >= 0.6 is 0 Å². The van der Waals surface area contributed by atoms with Crippen LogP contribution in [-0.4, -0.2) is 25.3 Å². The summed E-state index contributed by atoms with van der Waals surface area (Å²) < 4.78 is 10.7. The van der Waals surface area contributed by atoms with Gasteiger partial charge < -0.3 is 9.47 Å². The molecule has 3 nitrogen and oxygen atoms in total. The first-order chi connectivity index (χ1) is 7.31. The second kappa shape index (κ2) is 4.97. The lowest BCUT2D eigenvalue weighted by atomic mass is 9.97. The van der Waals surface area contributed by atoms with Crippen molar-refractivity contribution in [2.45, 2.75) is 57.2 Å². The highest BCUT2D eigenvalue weighted by Crippen LogP contribution is 2.36. The molecule has 3 heteroatoms. The van der Waals surface area contributed by atoms with Crippen molar-refractivity contribution in [1.29, 1.82) is 0 Å². The maximum Gasteiger partial charge on any atom is 0.335 e. The van der Waals surface area contributed by atoms with Crippen LogP contribution in [0.4, 0.5) is 0 Å². The lowest BCUT2D eigenvalue weighted by Gasteiger charge is -2.26. The van der Waals surface area contributed by atoms with Gasteiger partial charge in [0.05, 0.1) is 13.2 Å². The number of hydrogen-bond acceptors (Lipinski definition) is 3. The second-order valence-corrected chi connectivity index (χ2v) is 4.68. The van der Waals surface area contributed by atoms with Crippen molar-refractivity contribution in [3.63, 3.8) is 0 Å². The van der Waals surface area contributed by atoms with Crippen LogP contribution < -0.4 is 0 Å². The molecule has 86 valence electrons. The van der Waals surface area contributed by atoms with Crippen molar-refractivity contribution in [2.75, 3.05) is 7.11 Å². The van der Waals surface area contributed by atoms with Crippen molar-refractivity contribution in [3.8, 4) is 0 Å². The molecule has 0 aromatic rings. The number of esters is 1. The van der Waals surface area contributed by atoms with E-state index in [1.807, 2.05) is 0 Å². The zero-order valence-electron chi connectivity index (χ0n) is 9.41. The van der Waals surface area contributed by atoms with Crippen LogP contribution in [0.25, 0.3) is 0 Å². The molecule has 0 spiro atoms. The van der Waals surface area contributed by atoms with E-state index in [9.17, 15) is 4.79 Å².